The van der Waals surface area contributed by atoms with E-state index in [2.05, 4.69) is 16.2 Å². The summed E-state index contributed by atoms with van der Waals surface area (Å²) in [5.74, 6) is 0.632. The zero-order chi connectivity index (χ0) is 5.82. The first kappa shape index (κ1) is 5.18. The second-order valence-electron chi connectivity index (χ2n) is 1.31. The van der Waals surface area contributed by atoms with E-state index in [9.17, 15) is 0 Å². The highest BCUT2D eigenvalue weighted by Crippen LogP contribution is 1.80. The van der Waals surface area contributed by atoms with Gasteiger partial charge >= 0.3 is 0 Å². The zero-order valence-electron chi connectivity index (χ0n) is 4.33. The van der Waals surface area contributed by atoms with Crippen molar-refractivity contribution in [3.63, 3.8) is 0 Å². The molecular formula is C5H6N3. The van der Waals surface area contributed by atoms with Crippen LogP contribution in [0, 0.1) is 6.20 Å². The maximum absolute atomic E-state index is 5.20. The number of rotatable bonds is 1. The fourth-order valence-corrected chi connectivity index (χ4v) is 0.396. The van der Waals surface area contributed by atoms with Crippen molar-refractivity contribution in [2.24, 2.45) is 5.73 Å². The number of nitrogens with two attached hydrogens (primary N) is 1. The van der Waals surface area contributed by atoms with Gasteiger partial charge in [0, 0.05) is 6.20 Å². The summed E-state index contributed by atoms with van der Waals surface area (Å²) in [5.41, 5.74) is 5.20. The Bertz CT molecular complexity index is 149. The Morgan fingerprint density at radius 2 is 2.62 bits per heavy atom. The predicted octanol–water partition coefficient (Wildman–Crippen LogP) is -0.265. The quantitative estimate of drug-likeness (QED) is 0.539. The van der Waals surface area contributed by atoms with E-state index in [0.717, 1.165) is 0 Å². The van der Waals surface area contributed by atoms with Crippen LogP contribution in [0.1, 0.15) is 5.82 Å². The van der Waals surface area contributed by atoms with E-state index in [-0.39, 0.29) is 0 Å². The van der Waals surface area contributed by atoms with E-state index < -0.39 is 0 Å². The summed E-state index contributed by atoms with van der Waals surface area (Å²) in [5, 5.41) is 0. The molecule has 0 aromatic carbocycles. The topological polar surface area (TPSA) is 51.8 Å². The lowest BCUT2D eigenvalue weighted by Crippen LogP contribution is -2.00. The van der Waals surface area contributed by atoms with Crippen LogP contribution in [-0.4, -0.2) is 9.97 Å². The van der Waals surface area contributed by atoms with Crippen LogP contribution >= 0.6 is 0 Å². The van der Waals surface area contributed by atoms with Crippen LogP contribution < -0.4 is 5.73 Å². The minimum Gasteiger partial charge on any atom is -0.324 e. The molecule has 1 heterocycles. The van der Waals surface area contributed by atoms with Gasteiger partial charge in [0.05, 0.1) is 12.7 Å². The molecule has 0 saturated heterocycles. The molecule has 0 amide bonds. The lowest BCUT2D eigenvalue weighted by atomic mass is 10.6. The molecule has 8 heavy (non-hydrogen) atoms. The molecular weight excluding hydrogens is 102 g/mol. The molecule has 0 saturated carbocycles. The Hall–Kier alpha value is -0.960. The molecule has 3 nitrogen and oxygen atoms in total. The fraction of sp³-hybridized carbons (Fsp3) is 0.200. The van der Waals surface area contributed by atoms with Gasteiger partial charge in [-0.05, 0) is 6.07 Å². The van der Waals surface area contributed by atoms with Crippen LogP contribution in [0.3, 0.4) is 0 Å². The average molecular weight is 108 g/mol. The van der Waals surface area contributed by atoms with E-state index >= 15 is 0 Å². The predicted molar refractivity (Wildman–Crippen MR) is 28.8 cm³/mol. The molecule has 3 heteroatoms. The van der Waals surface area contributed by atoms with E-state index in [1.807, 2.05) is 0 Å². The van der Waals surface area contributed by atoms with E-state index in [1.165, 1.54) is 0 Å². The van der Waals surface area contributed by atoms with E-state index in [0.29, 0.717) is 12.4 Å². The summed E-state index contributed by atoms with van der Waals surface area (Å²) < 4.78 is 0. The largest absolute Gasteiger partial charge is 0.324 e. The summed E-state index contributed by atoms with van der Waals surface area (Å²) in [7, 11) is 0. The number of aromatic nitrogens is 2. The average Bonchev–Trinajstić information content (AvgIpc) is 1.90. The summed E-state index contributed by atoms with van der Waals surface area (Å²) in [4.78, 5) is 7.57. The van der Waals surface area contributed by atoms with Crippen LogP contribution in [0.2, 0.25) is 0 Å². The van der Waals surface area contributed by atoms with Crippen molar-refractivity contribution < 1.29 is 0 Å². The molecule has 0 bridgehead atoms. The molecule has 2 N–H and O–H groups in total. The van der Waals surface area contributed by atoms with Crippen molar-refractivity contribution in [2.75, 3.05) is 0 Å². The first-order chi connectivity index (χ1) is 3.93. The molecule has 1 aromatic rings. The second kappa shape index (κ2) is 2.37. The molecule has 0 aliphatic heterocycles. The Labute approximate surface area is 47.6 Å². The minimum atomic E-state index is 0.386. The Kier molecular flexibility index (Phi) is 1.54. The lowest BCUT2D eigenvalue weighted by molar-refractivity contribution is 0.905. The van der Waals surface area contributed by atoms with Gasteiger partial charge in [-0.25, -0.2) is 9.97 Å². The molecule has 0 spiro atoms. The highest BCUT2D eigenvalue weighted by molar-refractivity contribution is 4.85. The van der Waals surface area contributed by atoms with Gasteiger partial charge in [0.2, 0.25) is 0 Å². The van der Waals surface area contributed by atoms with Crippen LogP contribution in [0.15, 0.2) is 12.3 Å². The number of hydrogen-bond acceptors (Lipinski definition) is 3. The van der Waals surface area contributed by atoms with Crippen LogP contribution in [0.4, 0.5) is 0 Å². The van der Waals surface area contributed by atoms with Gasteiger partial charge < -0.3 is 5.73 Å². The molecule has 0 aliphatic carbocycles. The van der Waals surface area contributed by atoms with Gasteiger partial charge in [0.25, 0.3) is 0 Å². The molecule has 0 unspecified atom stereocenters. The van der Waals surface area contributed by atoms with Gasteiger partial charge in [-0.3, -0.25) is 0 Å². The highest BCUT2D eigenvalue weighted by Gasteiger charge is 1.84. The fourth-order valence-electron chi connectivity index (χ4n) is 0.396. The maximum Gasteiger partial charge on any atom is 0.142 e. The monoisotopic (exact) mass is 108 g/mol. The van der Waals surface area contributed by atoms with Crippen molar-refractivity contribution in [2.45, 2.75) is 6.54 Å². The van der Waals surface area contributed by atoms with Crippen LogP contribution in [0.25, 0.3) is 0 Å². The molecule has 0 atom stereocenters. The van der Waals surface area contributed by atoms with Crippen molar-refractivity contribution in [3.05, 3.63) is 24.3 Å². The number of nitrogens with zero attached hydrogens (tertiary/aromatic N) is 2. The van der Waals surface area contributed by atoms with Gasteiger partial charge in [-0.2, -0.15) is 0 Å². The Morgan fingerprint density at radius 1 is 1.75 bits per heavy atom. The van der Waals surface area contributed by atoms with Crippen LogP contribution in [0.5, 0.6) is 0 Å². The Balaban J connectivity index is 2.83. The van der Waals surface area contributed by atoms with E-state index in [1.54, 1.807) is 12.3 Å². The van der Waals surface area contributed by atoms with Gasteiger partial charge in [-0.15, -0.1) is 0 Å². The molecule has 1 aromatic heterocycles. The third kappa shape index (κ3) is 1.01. The molecule has 1 rings (SSSR count). The molecule has 1 radical (unpaired) electrons. The highest BCUT2D eigenvalue weighted by atomic mass is 14.9. The van der Waals surface area contributed by atoms with Crippen molar-refractivity contribution in [1.29, 1.82) is 0 Å². The molecule has 41 valence electrons. The first-order valence-corrected chi connectivity index (χ1v) is 2.31. The smallest absolute Gasteiger partial charge is 0.142 e. The minimum absolute atomic E-state index is 0.386. The second-order valence-corrected chi connectivity index (χ2v) is 1.31. The SMILES string of the molecule is NCc1n[c]ccn1. The Morgan fingerprint density at radius 3 is 3.00 bits per heavy atom. The maximum atomic E-state index is 5.20. The summed E-state index contributed by atoms with van der Waals surface area (Å²) in [6.07, 6.45) is 4.24. The van der Waals surface area contributed by atoms with Crippen molar-refractivity contribution in [3.8, 4) is 0 Å². The van der Waals surface area contributed by atoms with Crippen LogP contribution in [-0.2, 0) is 6.54 Å². The normalized spacial score (nSPS) is 9.12. The van der Waals surface area contributed by atoms with Crippen molar-refractivity contribution >= 4 is 0 Å². The number of hydrogen-bond donors (Lipinski definition) is 1. The van der Waals surface area contributed by atoms with Gasteiger partial charge in [0.15, 0.2) is 0 Å². The van der Waals surface area contributed by atoms with Gasteiger partial charge in [0.1, 0.15) is 5.82 Å². The summed E-state index contributed by atoms with van der Waals surface area (Å²) in [6.45, 7) is 0.386. The summed E-state index contributed by atoms with van der Waals surface area (Å²) in [6, 6.07) is 1.64. The van der Waals surface area contributed by atoms with Crippen molar-refractivity contribution in [1.82, 2.24) is 9.97 Å². The molecule has 0 fully saturated rings. The zero-order valence-corrected chi connectivity index (χ0v) is 4.33. The standard InChI is InChI=1S/C5H6N3/c6-4-5-7-2-1-3-8-5/h1-2H,4,6H2. The molecule has 0 aliphatic rings. The first-order valence-electron chi connectivity index (χ1n) is 2.31. The lowest BCUT2D eigenvalue weighted by Gasteiger charge is -1.87. The van der Waals surface area contributed by atoms with E-state index in [4.69, 9.17) is 5.73 Å². The third-order valence-electron chi connectivity index (χ3n) is 0.749. The van der Waals surface area contributed by atoms with Gasteiger partial charge in [-0.1, -0.05) is 0 Å². The third-order valence-corrected chi connectivity index (χ3v) is 0.749. The summed E-state index contributed by atoms with van der Waals surface area (Å²) >= 11 is 0.